The number of rotatable bonds is 8. The third-order valence-corrected chi connectivity index (χ3v) is 6.01. The van der Waals surface area contributed by atoms with Crippen LogP contribution in [0.2, 0.25) is 0 Å². The molecule has 3 heterocycles. The first-order valence-electron chi connectivity index (χ1n) is 11.6. The van der Waals surface area contributed by atoms with Crippen molar-refractivity contribution in [3.05, 3.63) is 90.6 Å². The van der Waals surface area contributed by atoms with Crippen LogP contribution in [0.4, 0.5) is 11.4 Å². The fourth-order valence-electron chi connectivity index (χ4n) is 4.13. The summed E-state index contributed by atoms with van der Waals surface area (Å²) in [6.45, 7) is 0.899. The fraction of sp³-hybridized carbons (Fsp3) is 0.179. The van der Waals surface area contributed by atoms with Gasteiger partial charge in [-0.05, 0) is 36.4 Å². The van der Waals surface area contributed by atoms with Crippen molar-refractivity contribution in [1.29, 1.82) is 0 Å². The maximum Gasteiger partial charge on any atom is 0.124 e. The molecule has 5 rings (SSSR count). The average Bonchev–Trinajstić information content (AvgIpc) is 3.37. The summed E-state index contributed by atoms with van der Waals surface area (Å²) in [5.74, 6) is 1.40. The number of nitrogens with two attached hydrogens (primary N) is 1. The molecule has 36 heavy (non-hydrogen) atoms. The summed E-state index contributed by atoms with van der Waals surface area (Å²) in [7, 11) is 5.28. The van der Waals surface area contributed by atoms with Crippen LogP contribution in [0.1, 0.15) is 11.4 Å². The second kappa shape index (κ2) is 10.1. The number of ether oxygens (including phenoxy) is 2. The first-order chi connectivity index (χ1) is 17.6. The van der Waals surface area contributed by atoms with Gasteiger partial charge in [-0.1, -0.05) is 6.07 Å². The standard InChI is InChI=1S/C28H28N6O2/c1-33-10-9-19(17-33)28-16-30-26-8-7-22(13-27(26)32-28)34(18-21-6-4-5-20(15-29)31-21)23-11-24(35-2)14-25(12-23)36-3/h4-14,16-17H,15,18,29H2,1-3H3. The fourth-order valence-corrected chi connectivity index (χ4v) is 4.13. The average molecular weight is 481 g/mol. The minimum absolute atomic E-state index is 0.384. The summed E-state index contributed by atoms with van der Waals surface area (Å²) in [5, 5.41) is 0. The number of fused-ring (bicyclic) bond motifs is 1. The molecule has 0 saturated carbocycles. The van der Waals surface area contributed by atoms with Crippen molar-refractivity contribution in [2.75, 3.05) is 19.1 Å². The van der Waals surface area contributed by atoms with Crippen LogP contribution < -0.4 is 20.1 Å². The van der Waals surface area contributed by atoms with Gasteiger partial charge in [-0.2, -0.15) is 0 Å². The largest absolute Gasteiger partial charge is 0.497 e. The zero-order valence-corrected chi connectivity index (χ0v) is 20.5. The van der Waals surface area contributed by atoms with Crippen molar-refractivity contribution in [3.63, 3.8) is 0 Å². The highest BCUT2D eigenvalue weighted by Gasteiger charge is 2.16. The highest BCUT2D eigenvalue weighted by atomic mass is 16.5. The maximum absolute atomic E-state index is 5.85. The van der Waals surface area contributed by atoms with Crippen LogP contribution >= 0.6 is 0 Å². The summed E-state index contributed by atoms with van der Waals surface area (Å²) < 4.78 is 13.1. The molecule has 0 fully saturated rings. The quantitative estimate of drug-likeness (QED) is 0.340. The first kappa shape index (κ1) is 23.3. The molecular formula is C28H28N6O2. The highest BCUT2D eigenvalue weighted by molar-refractivity contribution is 5.82. The normalized spacial score (nSPS) is 11.0. The molecule has 0 atom stereocenters. The molecule has 0 radical (unpaired) electrons. The Kier molecular flexibility index (Phi) is 6.51. The van der Waals surface area contributed by atoms with E-state index >= 15 is 0 Å². The predicted molar refractivity (Wildman–Crippen MR) is 141 cm³/mol. The minimum Gasteiger partial charge on any atom is -0.497 e. The SMILES string of the molecule is COc1cc(OC)cc(N(Cc2cccc(CN)n2)c2ccc3ncc(-c4ccn(C)c4)nc3c2)c1. The van der Waals surface area contributed by atoms with Gasteiger partial charge in [-0.25, -0.2) is 4.98 Å². The molecule has 5 aromatic rings. The van der Waals surface area contributed by atoms with E-state index in [-0.39, 0.29) is 0 Å². The molecular weight excluding hydrogens is 452 g/mol. The molecule has 0 saturated heterocycles. The van der Waals surface area contributed by atoms with Gasteiger partial charge < -0.3 is 24.7 Å². The summed E-state index contributed by atoms with van der Waals surface area (Å²) in [4.78, 5) is 16.4. The van der Waals surface area contributed by atoms with E-state index in [0.717, 1.165) is 45.1 Å². The molecule has 0 aliphatic rings. The zero-order chi connectivity index (χ0) is 25.1. The summed E-state index contributed by atoms with van der Waals surface area (Å²) in [6.07, 6.45) is 5.84. The third-order valence-electron chi connectivity index (χ3n) is 6.01. The van der Waals surface area contributed by atoms with Gasteiger partial charge in [0.05, 0.1) is 55.1 Å². The number of aromatic nitrogens is 4. The Morgan fingerprint density at radius 2 is 1.64 bits per heavy atom. The maximum atomic E-state index is 5.85. The molecule has 8 nitrogen and oxygen atoms in total. The van der Waals surface area contributed by atoms with E-state index in [1.807, 2.05) is 90.9 Å². The molecule has 8 heteroatoms. The van der Waals surface area contributed by atoms with E-state index in [2.05, 4.69) is 9.88 Å². The number of aryl methyl sites for hydroxylation is 1. The van der Waals surface area contributed by atoms with E-state index in [1.54, 1.807) is 14.2 Å². The Bertz CT molecular complexity index is 1490. The van der Waals surface area contributed by atoms with Gasteiger partial charge in [0.25, 0.3) is 0 Å². The Balaban J connectivity index is 1.62. The highest BCUT2D eigenvalue weighted by Crippen LogP contribution is 2.35. The molecule has 182 valence electrons. The van der Waals surface area contributed by atoms with Crippen LogP contribution in [0, 0.1) is 0 Å². The minimum atomic E-state index is 0.384. The molecule has 0 bridgehead atoms. The summed E-state index contributed by atoms with van der Waals surface area (Å²) in [6, 6.07) is 19.8. The van der Waals surface area contributed by atoms with Crippen LogP contribution in [-0.2, 0) is 20.1 Å². The number of nitrogens with zero attached hydrogens (tertiary/aromatic N) is 5. The molecule has 2 N–H and O–H groups in total. The van der Waals surface area contributed by atoms with Crippen LogP contribution in [0.5, 0.6) is 11.5 Å². The topological polar surface area (TPSA) is 91.3 Å². The number of hydrogen-bond donors (Lipinski definition) is 1. The van der Waals surface area contributed by atoms with Crippen molar-refractivity contribution in [2.45, 2.75) is 13.1 Å². The van der Waals surface area contributed by atoms with E-state index in [1.165, 1.54) is 0 Å². The van der Waals surface area contributed by atoms with Gasteiger partial charge in [0.2, 0.25) is 0 Å². The Labute approximate surface area is 210 Å². The lowest BCUT2D eigenvalue weighted by Gasteiger charge is -2.26. The third kappa shape index (κ3) is 4.85. The van der Waals surface area contributed by atoms with Crippen molar-refractivity contribution in [3.8, 4) is 22.8 Å². The van der Waals surface area contributed by atoms with E-state index < -0.39 is 0 Å². The number of methoxy groups -OCH3 is 2. The van der Waals surface area contributed by atoms with Crippen molar-refractivity contribution in [1.82, 2.24) is 19.5 Å². The monoisotopic (exact) mass is 480 g/mol. The summed E-state index contributed by atoms with van der Waals surface area (Å²) >= 11 is 0. The van der Waals surface area contributed by atoms with Gasteiger partial charge in [0.15, 0.2) is 0 Å². The van der Waals surface area contributed by atoms with Crippen LogP contribution in [0.3, 0.4) is 0 Å². The molecule has 0 aliphatic carbocycles. The van der Waals surface area contributed by atoms with Gasteiger partial charge >= 0.3 is 0 Å². The van der Waals surface area contributed by atoms with Gasteiger partial charge in [-0.15, -0.1) is 0 Å². The van der Waals surface area contributed by atoms with E-state index in [0.29, 0.717) is 24.6 Å². The second-order valence-electron chi connectivity index (χ2n) is 8.48. The predicted octanol–water partition coefficient (Wildman–Crippen LogP) is 4.84. The van der Waals surface area contributed by atoms with Gasteiger partial charge in [0, 0.05) is 61.1 Å². The Morgan fingerprint density at radius 3 is 2.33 bits per heavy atom. The number of anilines is 2. The Hall–Kier alpha value is -4.43. The molecule has 0 aliphatic heterocycles. The van der Waals surface area contributed by atoms with Gasteiger partial charge in [-0.3, -0.25) is 9.97 Å². The first-order valence-corrected chi connectivity index (χ1v) is 11.6. The van der Waals surface area contributed by atoms with E-state index in [9.17, 15) is 0 Å². The lowest BCUT2D eigenvalue weighted by molar-refractivity contribution is 0.394. The number of benzene rings is 2. The van der Waals surface area contributed by atoms with Crippen molar-refractivity contribution >= 4 is 22.4 Å². The molecule has 0 amide bonds. The lowest BCUT2D eigenvalue weighted by Crippen LogP contribution is -2.18. The van der Waals surface area contributed by atoms with Crippen molar-refractivity contribution in [2.24, 2.45) is 12.8 Å². The molecule has 0 spiro atoms. The molecule has 2 aromatic carbocycles. The van der Waals surface area contributed by atoms with Crippen molar-refractivity contribution < 1.29 is 9.47 Å². The number of hydrogen-bond acceptors (Lipinski definition) is 7. The van der Waals surface area contributed by atoms with E-state index in [4.69, 9.17) is 25.2 Å². The number of pyridine rings is 1. The van der Waals surface area contributed by atoms with Crippen LogP contribution in [0.15, 0.2) is 79.3 Å². The lowest BCUT2D eigenvalue weighted by atomic mass is 10.1. The zero-order valence-electron chi connectivity index (χ0n) is 20.5. The van der Waals surface area contributed by atoms with Crippen LogP contribution in [0.25, 0.3) is 22.3 Å². The molecule has 0 unspecified atom stereocenters. The Morgan fingerprint density at radius 1 is 0.861 bits per heavy atom. The molecule has 3 aromatic heterocycles. The van der Waals surface area contributed by atoms with Crippen LogP contribution in [-0.4, -0.2) is 33.7 Å². The second-order valence-corrected chi connectivity index (χ2v) is 8.48. The smallest absolute Gasteiger partial charge is 0.124 e. The van der Waals surface area contributed by atoms with Gasteiger partial charge in [0.1, 0.15) is 11.5 Å². The summed E-state index contributed by atoms with van der Waals surface area (Å²) in [5.41, 5.74) is 12.9.